The van der Waals surface area contributed by atoms with Crippen LogP contribution in [0.15, 0.2) is 0 Å². The number of Topliss-reactive ketones (excluding diaryl/α,β-unsaturated/α-hetero) is 1. The van der Waals surface area contributed by atoms with Crippen molar-refractivity contribution in [2.24, 2.45) is 35.5 Å². The Balaban J connectivity index is 0. The lowest BCUT2D eigenvalue weighted by Gasteiger charge is -2.21. The monoisotopic (exact) mass is 342 g/mol. The average Bonchev–Trinajstić information content (AvgIpc) is 2.96. The molecular formula is C22H46O2. The first-order chi connectivity index (χ1) is 11.0. The topological polar surface area (TPSA) is 37.3 Å². The first kappa shape index (κ1) is 25.9. The van der Waals surface area contributed by atoms with Crippen LogP contribution in [-0.2, 0) is 4.79 Å². The Hall–Kier alpha value is -0.370. The Labute approximate surface area is 152 Å². The van der Waals surface area contributed by atoms with E-state index >= 15 is 0 Å². The predicted molar refractivity (Wildman–Crippen MR) is 107 cm³/mol. The zero-order valence-corrected chi connectivity index (χ0v) is 18.1. The van der Waals surface area contributed by atoms with Crippen molar-refractivity contribution in [2.75, 3.05) is 6.61 Å². The molecule has 0 aromatic heterocycles. The van der Waals surface area contributed by atoms with Crippen LogP contribution in [0.25, 0.3) is 0 Å². The van der Waals surface area contributed by atoms with Crippen molar-refractivity contribution >= 4 is 5.78 Å². The maximum atomic E-state index is 11.7. The fraction of sp³-hybridized carbons (Fsp3) is 0.955. The van der Waals surface area contributed by atoms with Crippen molar-refractivity contribution < 1.29 is 9.90 Å². The van der Waals surface area contributed by atoms with Gasteiger partial charge in [0.25, 0.3) is 0 Å². The van der Waals surface area contributed by atoms with E-state index in [1.165, 1.54) is 25.7 Å². The van der Waals surface area contributed by atoms with E-state index < -0.39 is 0 Å². The van der Waals surface area contributed by atoms with E-state index in [4.69, 9.17) is 5.11 Å². The minimum atomic E-state index is 0.211. The maximum Gasteiger partial charge on any atom is 0.138 e. The Morgan fingerprint density at radius 2 is 1.25 bits per heavy atom. The lowest BCUT2D eigenvalue weighted by atomic mass is 9.82. The van der Waals surface area contributed by atoms with E-state index in [2.05, 4.69) is 48.5 Å². The van der Waals surface area contributed by atoms with Crippen LogP contribution < -0.4 is 0 Å². The van der Waals surface area contributed by atoms with Crippen LogP contribution in [0, 0.1) is 35.5 Å². The second-order valence-corrected chi connectivity index (χ2v) is 8.76. The van der Waals surface area contributed by atoms with Gasteiger partial charge in [-0.2, -0.15) is 0 Å². The van der Waals surface area contributed by atoms with Gasteiger partial charge < -0.3 is 5.11 Å². The summed E-state index contributed by atoms with van der Waals surface area (Å²) in [6, 6.07) is 0. The van der Waals surface area contributed by atoms with Gasteiger partial charge in [0.1, 0.15) is 5.78 Å². The standard InChI is InChI=1S/C11H22O.C6H12.C5H12O/c1-7(2)9(5)11(12)10(6)8(3)4;1-6-4-2-3-5-6;1-5(2)3-4-6/h7-10H,1-6H3;6H,2-5H2,1H3;5-6H,3-4H2,1-2H3. The molecule has 2 nitrogen and oxygen atoms in total. The molecule has 1 N–H and O–H groups in total. The summed E-state index contributed by atoms with van der Waals surface area (Å²) >= 11 is 0. The summed E-state index contributed by atoms with van der Waals surface area (Å²) in [4.78, 5) is 11.7. The molecule has 1 rings (SSSR count). The number of aliphatic hydroxyl groups excluding tert-OH is 1. The third-order valence-electron chi connectivity index (χ3n) is 5.25. The molecule has 0 aromatic rings. The predicted octanol–water partition coefficient (Wildman–Crippen LogP) is 6.36. The first-order valence-corrected chi connectivity index (χ1v) is 10.2. The van der Waals surface area contributed by atoms with Crippen LogP contribution >= 0.6 is 0 Å². The van der Waals surface area contributed by atoms with Crippen LogP contribution in [0.2, 0.25) is 0 Å². The number of ketones is 1. The summed E-state index contributed by atoms with van der Waals surface area (Å²) in [6.45, 7) is 19.4. The molecule has 0 saturated heterocycles. The van der Waals surface area contributed by atoms with E-state index in [1.54, 1.807) is 0 Å². The summed E-state index contributed by atoms with van der Waals surface area (Å²) in [5.74, 6) is 3.47. The van der Waals surface area contributed by atoms with Gasteiger partial charge in [0.15, 0.2) is 0 Å². The molecule has 0 radical (unpaired) electrons. The zero-order chi connectivity index (χ0) is 19.3. The second kappa shape index (κ2) is 14.9. The smallest absolute Gasteiger partial charge is 0.138 e. The molecule has 2 atom stereocenters. The number of carbonyl (C=O) groups excluding carboxylic acids is 1. The Bertz CT molecular complexity index is 272. The SMILES string of the molecule is CC(C)C(C)C(=O)C(C)C(C)C.CC(C)CCO.CC1CCCC1. The van der Waals surface area contributed by atoms with Gasteiger partial charge in [-0.3, -0.25) is 4.79 Å². The van der Waals surface area contributed by atoms with Crippen molar-refractivity contribution in [3.05, 3.63) is 0 Å². The summed E-state index contributed by atoms with van der Waals surface area (Å²) in [7, 11) is 0. The lowest BCUT2D eigenvalue weighted by molar-refractivity contribution is -0.128. The molecular weight excluding hydrogens is 296 g/mol. The lowest BCUT2D eigenvalue weighted by Crippen LogP contribution is -2.26. The average molecular weight is 343 g/mol. The highest BCUT2D eigenvalue weighted by atomic mass is 16.3. The van der Waals surface area contributed by atoms with E-state index in [0.29, 0.717) is 30.1 Å². The molecule has 0 aromatic carbocycles. The third-order valence-corrected chi connectivity index (χ3v) is 5.25. The van der Waals surface area contributed by atoms with E-state index in [0.717, 1.165) is 12.3 Å². The van der Waals surface area contributed by atoms with Crippen molar-refractivity contribution in [1.29, 1.82) is 0 Å². The van der Waals surface area contributed by atoms with Crippen LogP contribution in [0.1, 0.15) is 94.4 Å². The summed E-state index contributed by atoms with van der Waals surface area (Å²) in [6.07, 6.45) is 6.88. The molecule has 1 fully saturated rings. The molecule has 1 saturated carbocycles. The second-order valence-electron chi connectivity index (χ2n) is 8.76. The summed E-state index contributed by atoms with van der Waals surface area (Å²) < 4.78 is 0. The number of carbonyl (C=O) groups is 1. The largest absolute Gasteiger partial charge is 0.396 e. The van der Waals surface area contributed by atoms with Gasteiger partial charge in [0, 0.05) is 18.4 Å². The molecule has 0 amide bonds. The molecule has 0 spiro atoms. The van der Waals surface area contributed by atoms with Gasteiger partial charge in [-0.1, -0.05) is 88.0 Å². The molecule has 146 valence electrons. The first-order valence-electron chi connectivity index (χ1n) is 10.2. The van der Waals surface area contributed by atoms with E-state index in [1.807, 2.05) is 13.8 Å². The highest BCUT2D eigenvalue weighted by molar-refractivity contribution is 5.83. The number of hydrogen-bond donors (Lipinski definition) is 1. The van der Waals surface area contributed by atoms with Gasteiger partial charge in [-0.25, -0.2) is 0 Å². The van der Waals surface area contributed by atoms with E-state index in [9.17, 15) is 4.79 Å². The van der Waals surface area contributed by atoms with E-state index in [-0.39, 0.29) is 11.8 Å². The zero-order valence-electron chi connectivity index (χ0n) is 18.1. The minimum absolute atomic E-state index is 0.211. The highest BCUT2D eigenvalue weighted by Crippen LogP contribution is 2.23. The van der Waals surface area contributed by atoms with Crippen molar-refractivity contribution in [2.45, 2.75) is 94.4 Å². The van der Waals surface area contributed by atoms with Gasteiger partial charge in [0.2, 0.25) is 0 Å². The Morgan fingerprint density at radius 3 is 1.38 bits per heavy atom. The molecule has 0 bridgehead atoms. The van der Waals surface area contributed by atoms with Gasteiger partial charge in [0.05, 0.1) is 0 Å². The van der Waals surface area contributed by atoms with Crippen molar-refractivity contribution in [3.8, 4) is 0 Å². The van der Waals surface area contributed by atoms with Crippen LogP contribution in [-0.4, -0.2) is 17.5 Å². The van der Waals surface area contributed by atoms with Gasteiger partial charge in [-0.15, -0.1) is 0 Å². The minimum Gasteiger partial charge on any atom is -0.396 e. The molecule has 2 heteroatoms. The van der Waals surface area contributed by atoms with Gasteiger partial charge in [-0.05, 0) is 30.1 Å². The maximum absolute atomic E-state index is 11.7. The van der Waals surface area contributed by atoms with Crippen LogP contribution in [0.5, 0.6) is 0 Å². The third kappa shape index (κ3) is 14.0. The Morgan fingerprint density at radius 1 is 0.875 bits per heavy atom. The van der Waals surface area contributed by atoms with Crippen molar-refractivity contribution in [1.82, 2.24) is 0 Å². The number of rotatable bonds is 6. The number of hydrogen-bond acceptors (Lipinski definition) is 2. The van der Waals surface area contributed by atoms with Crippen LogP contribution in [0.3, 0.4) is 0 Å². The fourth-order valence-corrected chi connectivity index (χ4v) is 2.46. The number of aliphatic hydroxyl groups is 1. The molecule has 0 heterocycles. The summed E-state index contributed by atoms with van der Waals surface area (Å²) in [5, 5.41) is 8.24. The normalized spacial score (nSPS) is 17.2. The molecule has 1 aliphatic rings. The quantitative estimate of drug-likeness (QED) is 0.609. The summed E-state index contributed by atoms with van der Waals surface area (Å²) in [5.41, 5.74) is 0. The molecule has 1 aliphatic carbocycles. The van der Waals surface area contributed by atoms with Crippen molar-refractivity contribution in [3.63, 3.8) is 0 Å². The molecule has 0 aliphatic heterocycles. The van der Waals surface area contributed by atoms with Crippen LogP contribution in [0.4, 0.5) is 0 Å². The molecule has 24 heavy (non-hydrogen) atoms. The Kier molecular flexibility index (Phi) is 16.1. The molecule has 2 unspecified atom stereocenters. The van der Waals surface area contributed by atoms with Gasteiger partial charge >= 0.3 is 0 Å². The highest BCUT2D eigenvalue weighted by Gasteiger charge is 2.24. The fourth-order valence-electron chi connectivity index (χ4n) is 2.46.